The van der Waals surface area contributed by atoms with Crippen molar-refractivity contribution < 1.29 is 4.74 Å². The molecule has 0 aliphatic heterocycles. The largest absolute Gasteiger partial charge is 0.496 e. The first-order chi connectivity index (χ1) is 14.1. The molecule has 0 saturated carbocycles. The highest BCUT2D eigenvalue weighted by molar-refractivity contribution is 14.0. The molecule has 160 valence electrons. The van der Waals surface area contributed by atoms with Crippen LogP contribution in [0.5, 0.6) is 5.75 Å². The second-order valence-electron chi connectivity index (χ2n) is 6.80. The van der Waals surface area contributed by atoms with Crippen molar-refractivity contribution in [3.05, 3.63) is 76.9 Å². The number of guanidine groups is 1. The van der Waals surface area contributed by atoms with Crippen molar-refractivity contribution in [2.24, 2.45) is 4.99 Å². The Morgan fingerprint density at radius 2 is 1.83 bits per heavy atom. The highest BCUT2D eigenvalue weighted by Crippen LogP contribution is 2.23. The third-order valence-corrected chi connectivity index (χ3v) is 4.85. The lowest BCUT2D eigenvalue weighted by Crippen LogP contribution is -2.37. The van der Waals surface area contributed by atoms with Crippen molar-refractivity contribution in [3.8, 4) is 5.75 Å². The average Bonchev–Trinajstić information content (AvgIpc) is 3.24. The van der Waals surface area contributed by atoms with Crippen LogP contribution in [-0.4, -0.2) is 34.9 Å². The van der Waals surface area contributed by atoms with E-state index in [1.54, 1.807) is 20.4 Å². The van der Waals surface area contributed by atoms with Crippen molar-refractivity contribution >= 4 is 29.9 Å². The lowest BCUT2D eigenvalue weighted by molar-refractivity contribution is 0.406. The SMILES string of the molecule is CN=C(NCc1ccccc1Cn1cccn1)NCc1ncc(C)c(OC)c1C.I. The molecular weight excluding hydrogens is 491 g/mol. The second-order valence-corrected chi connectivity index (χ2v) is 6.80. The number of hydrogen-bond donors (Lipinski definition) is 2. The standard InChI is InChI=1S/C22H28N6O.HI/c1-16-12-24-20(17(2)21(16)29-4)14-26-22(23-3)25-13-18-8-5-6-9-19(18)15-28-11-7-10-27-28;/h5-12H,13-15H2,1-4H3,(H2,23,25,26);1H. The van der Waals surface area contributed by atoms with E-state index >= 15 is 0 Å². The number of aromatic nitrogens is 3. The van der Waals surface area contributed by atoms with E-state index in [9.17, 15) is 0 Å². The Labute approximate surface area is 195 Å². The van der Waals surface area contributed by atoms with E-state index in [1.165, 1.54) is 11.1 Å². The van der Waals surface area contributed by atoms with Gasteiger partial charge >= 0.3 is 0 Å². The summed E-state index contributed by atoms with van der Waals surface area (Å²) >= 11 is 0. The van der Waals surface area contributed by atoms with Crippen LogP contribution in [0, 0.1) is 13.8 Å². The van der Waals surface area contributed by atoms with Crippen molar-refractivity contribution in [2.75, 3.05) is 14.2 Å². The number of aliphatic imine (C=N–C) groups is 1. The number of hydrogen-bond acceptors (Lipinski definition) is 4. The van der Waals surface area contributed by atoms with Gasteiger partial charge in [-0.25, -0.2) is 0 Å². The molecule has 8 heteroatoms. The summed E-state index contributed by atoms with van der Waals surface area (Å²) in [5, 5.41) is 11.0. The van der Waals surface area contributed by atoms with Gasteiger partial charge in [-0.15, -0.1) is 24.0 Å². The zero-order valence-electron chi connectivity index (χ0n) is 17.8. The predicted molar refractivity (Wildman–Crippen MR) is 130 cm³/mol. The van der Waals surface area contributed by atoms with Gasteiger partial charge in [-0.05, 0) is 31.0 Å². The van der Waals surface area contributed by atoms with Gasteiger partial charge in [0.05, 0.1) is 25.9 Å². The minimum absolute atomic E-state index is 0. The van der Waals surface area contributed by atoms with Crippen LogP contribution in [0.1, 0.15) is 27.9 Å². The van der Waals surface area contributed by atoms with Gasteiger partial charge in [0.25, 0.3) is 0 Å². The van der Waals surface area contributed by atoms with Crippen LogP contribution in [0.25, 0.3) is 0 Å². The number of benzene rings is 1. The maximum atomic E-state index is 5.49. The predicted octanol–water partition coefficient (Wildman–Crippen LogP) is 3.44. The molecule has 0 aliphatic rings. The first-order valence-electron chi connectivity index (χ1n) is 9.60. The molecule has 1 aromatic carbocycles. The van der Waals surface area contributed by atoms with E-state index in [1.807, 2.05) is 43.1 Å². The maximum Gasteiger partial charge on any atom is 0.191 e. The molecule has 0 aliphatic carbocycles. The van der Waals surface area contributed by atoms with Crippen LogP contribution in [-0.2, 0) is 19.6 Å². The lowest BCUT2D eigenvalue weighted by Gasteiger charge is -2.16. The highest BCUT2D eigenvalue weighted by atomic mass is 127. The van der Waals surface area contributed by atoms with Crippen LogP contribution in [0.3, 0.4) is 0 Å². The number of methoxy groups -OCH3 is 1. The summed E-state index contributed by atoms with van der Waals surface area (Å²) in [5.74, 6) is 1.60. The van der Waals surface area contributed by atoms with Gasteiger partial charge in [0.2, 0.25) is 0 Å². The zero-order chi connectivity index (χ0) is 20.6. The van der Waals surface area contributed by atoms with Gasteiger partial charge in [-0.3, -0.25) is 14.7 Å². The second kappa shape index (κ2) is 11.5. The smallest absolute Gasteiger partial charge is 0.191 e. The minimum atomic E-state index is 0. The first-order valence-corrected chi connectivity index (χ1v) is 9.60. The molecule has 3 aromatic rings. The zero-order valence-corrected chi connectivity index (χ0v) is 20.2. The van der Waals surface area contributed by atoms with Crippen LogP contribution in [0.2, 0.25) is 0 Å². The van der Waals surface area contributed by atoms with Crippen molar-refractivity contribution in [3.63, 3.8) is 0 Å². The molecule has 3 rings (SSSR count). The van der Waals surface area contributed by atoms with Crippen LogP contribution in [0.15, 0.2) is 53.9 Å². The Morgan fingerprint density at radius 1 is 1.10 bits per heavy atom. The van der Waals surface area contributed by atoms with Crippen LogP contribution >= 0.6 is 24.0 Å². The van der Waals surface area contributed by atoms with Gasteiger partial charge in [-0.2, -0.15) is 5.10 Å². The summed E-state index contributed by atoms with van der Waals surface area (Å²) in [5.41, 5.74) is 5.44. The first kappa shape index (κ1) is 23.7. The minimum Gasteiger partial charge on any atom is -0.496 e. The topological polar surface area (TPSA) is 76.4 Å². The fourth-order valence-corrected chi connectivity index (χ4v) is 3.27. The number of rotatable bonds is 7. The maximum absolute atomic E-state index is 5.49. The third kappa shape index (κ3) is 5.94. The fraction of sp³-hybridized carbons (Fsp3) is 0.318. The molecular formula is C22H29IN6O. The number of nitrogens with one attached hydrogen (secondary N) is 2. The molecule has 0 atom stereocenters. The number of pyridine rings is 1. The summed E-state index contributed by atoms with van der Waals surface area (Å²) in [7, 11) is 3.45. The van der Waals surface area contributed by atoms with E-state index in [0.717, 1.165) is 35.1 Å². The van der Waals surface area contributed by atoms with Crippen LogP contribution in [0.4, 0.5) is 0 Å². The highest BCUT2D eigenvalue weighted by Gasteiger charge is 2.10. The van der Waals surface area contributed by atoms with E-state index in [2.05, 4.69) is 43.9 Å². The lowest BCUT2D eigenvalue weighted by atomic mass is 10.1. The van der Waals surface area contributed by atoms with Crippen molar-refractivity contribution in [1.29, 1.82) is 0 Å². The normalized spacial score (nSPS) is 11.0. The number of nitrogens with zero attached hydrogens (tertiary/aromatic N) is 4. The molecule has 0 radical (unpaired) electrons. The summed E-state index contributed by atoms with van der Waals surface area (Å²) < 4.78 is 7.41. The molecule has 2 N–H and O–H groups in total. The third-order valence-electron chi connectivity index (χ3n) is 4.85. The van der Waals surface area contributed by atoms with E-state index in [0.29, 0.717) is 13.1 Å². The molecule has 0 amide bonds. The van der Waals surface area contributed by atoms with Crippen LogP contribution < -0.4 is 15.4 Å². The molecule has 0 bridgehead atoms. The Bertz CT molecular complexity index is 972. The molecule has 0 saturated heterocycles. The van der Waals surface area contributed by atoms with Gasteiger partial charge in [0.1, 0.15) is 5.75 Å². The van der Waals surface area contributed by atoms with E-state index < -0.39 is 0 Å². The Balaban J connectivity index is 0.00000320. The van der Waals surface area contributed by atoms with Crippen molar-refractivity contribution in [2.45, 2.75) is 33.5 Å². The van der Waals surface area contributed by atoms with Crippen molar-refractivity contribution in [1.82, 2.24) is 25.4 Å². The Kier molecular flexibility index (Phi) is 9.10. The number of ether oxygens (including phenoxy) is 1. The molecule has 0 spiro atoms. The monoisotopic (exact) mass is 520 g/mol. The van der Waals surface area contributed by atoms with E-state index in [-0.39, 0.29) is 24.0 Å². The van der Waals surface area contributed by atoms with Gasteiger partial charge in [0.15, 0.2) is 5.96 Å². The van der Waals surface area contributed by atoms with Gasteiger partial charge in [0, 0.05) is 43.3 Å². The summed E-state index contributed by atoms with van der Waals surface area (Å²) in [6, 6.07) is 10.3. The van der Waals surface area contributed by atoms with Gasteiger partial charge in [-0.1, -0.05) is 24.3 Å². The number of aryl methyl sites for hydroxylation is 1. The average molecular weight is 520 g/mol. The summed E-state index contributed by atoms with van der Waals surface area (Å²) in [4.78, 5) is 8.86. The van der Waals surface area contributed by atoms with E-state index in [4.69, 9.17) is 4.74 Å². The molecule has 2 aromatic heterocycles. The molecule has 7 nitrogen and oxygen atoms in total. The fourth-order valence-electron chi connectivity index (χ4n) is 3.27. The molecule has 2 heterocycles. The summed E-state index contributed by atoms with van der Waals surface area (Å²) in [6.45, 7) is 6.00. The molecule has 30 heavy (non-hydrogen) atoms. The Morgan fingerprint density at radius 3 is 2.50 bits per heavy atom. The Hall–Kier alpha value is -2.62. The quantitative estimate of drug-likeness (QED) is 0.284. The number of halogens is 1. The molecule has 0 fully saturated rings. The van der Waals surface area contributed by atoms with Gasteiger partial charge < -0.3 is 15.4 Å². The molecule has 0 unspecified atom stereocenters. The summed E-state index contributed by atoms with van der Waals surface area (Å²) in [6.07, 6.45) is 5.60.